The summed E-state index contributed by atoms with van der Waals surface area (Å²) in [4.78, 5) is 13.4. The van der Waals surface area contributed by atoms with Crippen LogP contribution in [0.1, 0.15) is 42.5 Å². The van der Waals surface area contributed by atoms with Crippen LogP contribution in [0, 0.1) is 17.2 Å². The summed E-state index contributed by atoms with van der Waals surface area (Å²) in [5.41, 5.74) is 2.31. The van der Waals surface area contributed by atoms with Gasteiger partial charge in [0.25, 0.3) is 0 Å². The minimum atomic E-state index is -0.00631. The number of hydrogen-bond donors (Lipinski definition) is 0. The SMILES string of the molecule is N#CCOc1ccc2cc(-c3oc4ccccc4c3C(=O)CC3CCCC3)ccc2c1Br. The minimum absolute atomic E-state index is 0.00631. The zero-order chi connectivity index (χ0) is 22.1. The van der Waals surface area contributed by atoms with Crippen molar-refractivity contribution in [2.45, 2.75) is 32.1 Å². The Morgan fingerprint density at radius 2 is 1.91 bits per heavy atom. The first-order valence-electron chi connectivity index (χ1n) is 10.9. The number of carbonyl (C=O) groups excluding carboxylic acids is 1. The van der Waals surface area contributed by atoms with Gasteiger partial charge in [-0.3, -0.25) is 4.79 Å². The monoisotopic (exact) mass is 487 g/mol. The molecule has 0 amide bonds. The molecule has 1 fully saturated rings. The second-order valence-corrected chi connectivity index (χ2v) is 9.13. The van der Waals surface area contributed by atoms with Gasteiger partial charge in [0.2, 0.25) is 0 Å². The lowest BCUT2D eigenvalue weighted by molar-refractivity contribution is 0.0963. The van der Waals surface area contributed by atoms with Gasteiger partial charge in [-0.15, -0.1) is 0 Å². The molecule has 1 aromatic heterocycles. The van der Waals surface area contributed by atoms with Crippen LogP contribution in [0.5, 0.6) is 5.75 Å². The van der Waals surface area contributed by atoms with Crippen molar-refractivity contribution in [2.75, 3.05) is 6.61 Å². The number of benzene rings is 3. The number of Topliss-reactive ketones (excluding diaryl/α,β-unsaturated/α-hetero) is 1. The molecule has 4 nitrogen and oxygen atoms in total. The molecule has 0 bridgehead atoms. The van der Waals surface area contributed by atoms with E-state index in [0.717, 1.165) is 44.6 Å². The van der Waals surface area contributed by atoms with Crippen LogP contribution in [0.2, 0.25) is 0 Å². The highest BCUT2D eigenvalue weighted by Gasteiger charge is 2.26. The summed E-state index contributed by atoms with van der Waals surface area (Å²) in [7, 11) is 0. The molecule has 0 atom stereocenters. The molecule has 0 N–H and O–H groups in total. The molecule has 1 heterocycles. The molecule has 0 aliphatic heterocycles. The predicted octanol–water partition coefficient (Wildman–Crippen LogP) is 7.68. The number of para-hydroxylation sites is 1. The Labute approximate surface area is 194 Å². The Kier molecular flexibility index (Phi) is 5.71. The number of furan rings is 1. The van der Waals surface area contributed by atoms with Gasteiger partial charge in [0.05, 0.1) is 10.0 Å². The molecule has 1 saturated carbocycles. The van der Waals surface area contributed by atoms with Gasteiger partial charge in [-0.05, 0) is 50.8 Å². The number of ether oxygens (including phenoxy) is 1. The number of halogens is 1. The van der Waals surface area contributed by atoms with Crippen LogP contribution in [-0.4, -0.2) is 12.4 Å². The summed E-state index contributed by atoms with van der Waals surface area (Å²) < 4.78 is 12.5. The van der Waals surface area contributed by atoms with Crippen LogP contribution in [0.4, 0.5) is 0 Å². The average Bonchev–Trinajstić information content (AvgIpc) is 3.46. The van der Waals surface area contributed by atoms with Crippen LogP contribution in [0.15, 0.2) is 63.5 Å². The van der Waals surface area contributed by atoms with E-state index in [4.69, 9.17) is 14.4 Å². The van der Waals surface area contributed by atoms with Gasteiger partial charge in [-0.25, -0.2) is 0 Å². The predicted molar refractivity (Wildman–Crippen MR) is 129 cm³/mol. The Hall–Kier alpha value is -3.10. The van der Waals surface area contributed by atoms with Crippen molar-refractivity contribution in [2.24, 2.45) is 5.92 Å². The Morgan fingerprint density at radius 1 is 1.09 bits per heavy atom. The van der Waals surface area contributed by atoms with E-state index >= 15 is 0 Å². The standard InChI is InChI=1S/C27H22BrNO3/c28-26-20-11-9-19(16-18(20)10-12-24(26)31-14-13-29)27-25(21-7-3-4-8-23(21)32-27)22(30)15-17-5-1-2-6-17/h3-4,7-12,16-17H,1-2,5-6,14-15H2. The number of rotatable bonds is 6. The van der Waals surface area contributed by atoms with Crippen molar-refractivity contribution in [3.63, 3.8) is 0 Å². The summed E-state index contributed by atoms with van der Waals surface area (Å²) in [6, 6.07) is 19.6. The smallest absolute Gasteiger partial charge is 0.174 e. The largest absolute Gasteiger partial charge is 0.478 e. The van der Waals surface area contributed by atoms with E-state index in [1.807, 2.05) is 60.7 Å². The van der Waals surface area contributed by atoms with Crippen molar-refractivity contribution in [1.29, 1.82) is 5.26 Å². The average molecular weight is 488 g/mol. The minimum Gasteiger partial charge on any atom is -0.478 e. The fourth-order valence-corrected chi connectivity index (χ4v) is 5.35. The molecular formula is C27H22BrNO3. The van der Waals surface area contributed by atoms with E-state index in [2.05, 4.69) is 15.9 Å². The maximum atomic E-state index is 13.4. The van der Waals surface area contributed by atoms with Gasteiger partial charge in [-0.2, -0.15) is 5.26 Å². The highest BCUT2D eigenvalue weighted by Crippen LogP contribution is 2.40. The van der Waals surface area contributed by atoms with Crippen LogP contribution >= 0.6 is 15.9 Å². The summed E-state index contributed by atoms with van der Waals surface area (Å²) in [6.45, 7) is -0.00631. The highest BCUT2D eigenvalue weighted by molar-refractivity contribution is 9.10. The zero-order valence-electron chi connectivity index (χ0n) is 17.6. The molecule has 160 valence electrons. The molecule has 0 radical (unpaired) electrons. The van der Waals surface area contributed by atoms with E-state index < -0.39 is 0 Å². The van der Waals surface area contributed by atoms with Crippen LogP contribution in [-0.2, 0) is 0 Å². The second-order valence-electron chi connectivity index (χ2n) is 8.34. The Balaban J connectivity index is 1.59. The van der Waals surface area contributed by atoms with Gasteiger partial charge < -0.3 is 9.15 Å². The number of carbonyl (C=O) groups is 1. The zero-order valence-corrected chi connectivity index (χ0v) is 19.2. The van der Waals surface area contributed by atoms with Crippen LogP contribution in [0.25, 0.3) is 33.1 Å². The summed E-state index contributed by atoms with van der Waals surface area (Å²) in [6.07, 6.45) is 5.29. The van der Waals surface area contributed by atoms with Gasteiger partial charge in [0.1, 0.15) is 23.2 Å². The second kappa shape index (κ2) is 8.80. The summed E-state index contributed by atoms with van der Waals surface area (Å²) in [5.74, 6) is 1.90. The van der Waals surface area contributed by atoms with E-state index in [-0.39, 0.29) is 12.4 Å². The first-order chi connectivity index (χ1) is 15.7. The topological polar surface area (TPSA) is 63.2 Å². The molecule has 1 aliphatic rings. The van der Waals surface area contributed by atoms with Crippen LogP contribution in [0.3, 0.4) is 0 Å². The quantitative estimate of drug-likeness (QED) is 0.261. The lowest BCUT2D eigenvalue weighted by atomic mass is 9.93. The van der Waals surface area contributed by atoms with E-state index in [0.29, 0.717) is 29.4 Å². The molecule has 0 unspecified atom stereocenters. The molecule has 4 aromatic rings. The molecule has 0 spiro atoms. The third kappa shape index (κ3) is 3.80. The summed E-state index contributed by atoms with van der Waals surface area (Å²) in [5, 5.41) is 11.6. The number of hydrogen-bond acceptors (Lipinski definition) is 4. The van der Waals surface area contributed by atoms with Gasteiger partial charge in [0.15, 0.2) is 12.4 Å². The van der Waals surface area contributed by atoms with Gasteiger partial charge >= 0.3 is 0 Å². The highest BCUT2D eigenvalue weighted by atomic mass is 79.9. The molecule has 0 saturated heterocycles. The van der Waals surface area contributed by atoms with Crippen molar-refractivity contribution >= 4 is 43.5 Å². The van der Waals surface area contributed by atoms with Crippen molar-refractivity contribution in [3.8, 4) is 23.1 Å². The van der Waals surface area contributed by atoms with E-state index in [1.54, 1.807) is 0 Å². The fraction of sp³-hybridized carbons (Fsp3) is 0.259. The number of nitriles is 1. The third-order valence-electron chi connectivity index (χ3n) is 6.30. The van der Waals surface area contributed by atoms with E-state index in [1.165, 1.54) is 12.8 Å². The van der Waals surface area contributed by atoms with Crippen LogP contribution < -0.4 is 4.74 Å². The summed E-state index contributed by atoms with van der Waals surface area (Å²) >= 11 is 3.60. The lowest BCUT2D eigenvalue weighted by Crippen LogP contribution is -2.06. The maximum Gasteiger partial charge on any atom is 0.174 e. The Morgan fingerprint density at radius 3 is 2.72 bits per heavy atom. The molecular weight excluding hydrogens is 466 g/mol. The van der Waals surface area contributed by atoms with Crippen molar-refractivity contribution < 1.29 is 13.9 Å². The van der Waals surface area contributed by atoms with Gasteiger partial charge in [0, 0.05) is 17.4 Å². The van der Waals surface area contributed by atoms with Crippen molar-refractivity contribution in [3.05, 3.63) is 64.6 Å². The van der Waals surface area contributed by atoms with E-state index in [9.17, 15) is 4.79 Å². The maximum absolute atomic E-state index is 13.4. The number of fused-ring (bicyclic) bond motifs is 2. The third-order valence-corrected chi connectivity index (χ3v) is 7.11. The van der Waals surface area contributed by atoms with Crippen molar-refractivity contribution in [1.82, 2.24) is 0 Å². The lowest BCUT2D eigenvalue weighted by Gasteiger charge is -2.10. The van der Waals surface area contributed by atoms with Gasteiger partial charge in [-0.1, -0.05) is 62.1 Å². The Bertz CT molecular complexity index is 1360. The molecule has 1 aliphatic carbocycles. The molecule has 32 heavy (non-hydrogen) atoms. The number of nitrogens with zero attached hydrogens (tertiary/aromatic N) is 1. The first-order valence-corrected chi connectivity index (χ1v) is 11.7. The molecule has 3 aromatic carbocycles. The normalized spacial score (nSPS) is 14.1. The molecule has 5 heteroatoms. The molecule has 5 rings (SSSR count). The first kappa shape index (κ1) is 20.8. The number of ketones is 1. The fourth-order valence-electron chi connectivity index (χ4n) is 4.74.